The maximum absolute atomic E-state index is 11.8. The average molecular weight is 366 g/mol. The third kappa shape index (κ3) is 2.39. The number of aldehydes is 1. The van der Waals surface area contributed by atoms with Crippen molar-refractivity contribution in [3.05, 3.63) is 44.5 Å². The van der Waals surface area contributed by atoms with Crippen molar-refractivity contribution >= 4 is 45.8 Å². The third-order valence-electron chi connectivity index (χ3n) is 4.14. The monoisotopic (exact) mass is 365 g/mol. The molecule has 0 fully saturated rings. The summed E-state index contributed by atoms with van der Waals surface area (Å²) in [6.45, 7) is 1.89. The number of carbonyl (C=O) groups excluding carboxylic acids is 1. The molecule has 7 heteroatoms. The lowest BCUT2D eigenvalue weighted by atomic mass is 10.1. The third-order valence-corrected chi connectivity index (χ3v) is 5.94. The zero-order valence-electron chi connectivity index (χ0n) is 12.3. The van der Waals surface area contributed by atoms with Crippen LogP contribution in [0.25, 0.3) is 16.2 Å². The van der Waals surface area contributed by atoms with E-state index in [4.69, 9.17) is 23.2 Å². The number of hydrogen-bond donors (Lipinski definition) is 0. The predicted molar refractivity (Wildman–Crippen MR) is 94.0 cm³/mol. The van der Waals surface area contributed by atoms with E-state index >= 15 is 0 Å². The number of benzene rings is 1. The normalized spacial score (nSPS) is 15.1. The number of carbonyl (C=O) groups is 1. The molecule has 1 aromatic carbocycles. The maximum atomic E-state index is 11.8. The van der Waals surface area contributed by atoms with Crippen LogP contribution in [-0.4, -0.2) is 34.2 Å². The van der Waals surface area contributed by atoms with Crippen molar-refractivity contribution in [1.82, 2.24) is 14.3 Å². The number of rotatable bonds is 2. The summed E-state index contributed by atoms with van der Waals surface area (Å²) < 4.78 is 2.00. The van der Waals surface area contributed by atoms with Gasteiger partial charge in [-0.25, -0.2) is 4.98 Å². The molecule has 0 aliphatic carbocycles. The first-order valence-corrected chi connectivity index (χ1v) is 8.78. The minimum absolute atomic E-state index is 0.459. The van der Waals surface area contributed by atoms with Crippen LogP contribution < -0.4 is 0 Å². The molecule has 118 valence electrons. The van der Waals surface area contributed by atoms with Crippen LogP contribution in [0, 0.1) is 0 Å². The van der Waals surface area contributed by atoms with Gasteiger partial charge in [-0.1, -0.05) is 40.6 Å². The molecule has 0 radical (unpaired) electrons. The lowest BCUT2D eigenvalue weighted by molar-refractivity contribution is 0.111. The predicted octanol–water partition coefficient (Wildman–Crippen LogP) is 4.17. The Morgan fingerprint density at radius 2 is 2.13 bits per heavy atom. The van der Waals surface area contributed by atoms with Gasteiger partial charge in [-0.15, -0.1) is 0 Å². The van der Waals surface area contributed by atoms with Crippen molar-refractivity contribution in [2.24, 2.45) is 0 Å². The summed E-state index contributed by atoms with van der Waals surface area (Å²) in [7, 11) is 2.10. The average Bonchev–Trinajstić information content (AvgIpc) is 3.04. The Hall–Kier alpha value is -1.40. The Labute approximate surface area is 147 Å². The molecule has 4 nitrogen and oxygen atoms in total. The largest absolute Gasteiger partial charge is 0.301 e. The number of aromatic nitrogens is 2. The van der Waals surface area contributed by atoms with Crippen LogP contribution in [0.2, 0.25) is 10.0 Å². The van der Waals surface area contributed by atoms with Crippen LogP contribution in [0.5, 0.6) is 0 Å². The van der Waals surface area contributed by atoms with Crippen molar-refractivity contribution in [2.45, 2.75) is 13.0 Å². The Bertz CT molecular complexity index is 931. The van der Waals surface area contributed by atoms with E-state index in [0.717, 1.165) is 36.3 Å². The molecule has 0 N–H and O–H groups in total. The van der Waals surface area contributed by atoms with Gasteiger partial charge in [0.1, 0.15) is 11.4 Å². The molecule has 0 spiro atoms. The molecule has 23 heavy (non-hydrogen) atoms. The molecule has 2 aromatic heterocycles. The van der Waals surface area contributed by atoms with Gasteiger partial charge in [0, 0.05) is 35.6 Å². The van der Waals surface area contributed by atoms with Gasteiger partial charge >= 0.3 is 0 Å². The van der Waals surface area contributed by atoms with Gasteiger partial charge in [0.05, 0.1) is 10.0 Å². The van der Waals surface area contributed by atoms with E-state index in [1.165, 1.54) is 10.6 Å². The number of thiazole rings is 1. The highest BCUT2D eigenvalue weighted by Crippen LogP contribution is 2.35. The summed E-state index contributed by atoms with van der Waals surface area (Å²) in [5, 5.41) is 0.950. The molecular formula is C16H13Cl2N3OS. The second-order valence-corrected chi connectivity index (χ2v) is 7.55. The highest BCUT2D eigenvalue weighted by atomic mass is 35.5. The standard InChI is InChI=1S/C16H13Cl2N3OS/c1-20-5-4-12-14(7-20)23-16-19-15(13(8-22)21(12)16)9-2-3-10(17)11(18)6-9/h2-3,6,8H,4-5,7H2,1H3. The first-order chi connectivity index (χ1) is 11.1. The van der Waals surface area contributed by atoms with Crippen molar-refractivity contribution in [2.75, 3.05) is 13.6 Å². The van der Waals surface area contributed by atoms with Crippen molar-refractivity contribution in [3.63, 3.8) is 0 Å². The molecule has 0 atom stereocenters. The zero-order valence-corrected chi connectivity index (χ0v) is 14.7. The molecule has 1 aliphatic rings. The molecule has 0 amide bonds. The van der Waals surface area contributed by atoms with Gasteiger partial charge in [-0.05, 0) is 19.2 Å². The number of fused-ring (bicyclic) bond motifs is 3. The topological polar surface area (TPSA) is 37.6 Å². The highest BCUT2D eigenvalue weighted by Gasteiger charge is 2.24. The first kappa shape index (κ1) is 15.1. The highest BCUT2D eigenvalue weighted by molar-refractivity contribution is 7.17. The fourth-order valence-corrected chi connectivity index (χ4v) is 4.55. The number of halogens is 2. The molecule has 0 saturated heterocycles. The fourth-order valence-electron chi connectivity index (χ4n) is 3.00. The summed E-state index contributed by atoms with van der Waals surface area (Å²) >= 11 is 13.7. The Kier molecular flexibility index (Phi) is 3.69. The number of hydrogen-bond acceptors (Lipinski definition) is 4. The molecule has 3 heterocycles. The van der Waals surface area contributed by atoms with Gasteiger partial charge in [0.25, 0.3) is 0 Å². The van der Waals surface area contributed by atoms with E-state index in [-0.39, 0.29) is 0 Å². The zero-order chi connectivity index (χ0) is 16.1. The summed E-state index contributed by atoms with van der Waals surface area (Å²) in [5.41, 5.74) is 3.25. The van der Waals surface area contributed by atoms with Crippen LogP contribution in [0.15, 0.2) is 18.2 Å². The van der Waals surface area contributed by atoms with Gasteiger partial charge in [0.2, 0.25) is 0 Å². The van der Waals surface area contributed by atoms with Crippen LogP contribution in [0.4, 0.5) is 0 Å². The minimum atomic E-state index is 0.459. The van der Waals surface area contributed by atoms with Crippen LogP contribution in [0.1, 0.15) is 21.1 Å². The van der Waals surface area contributed by atoms with Gasteiger partial charge in [-0.2, -0.15) is 0 Å². The van der Waals surface area contributed by atoms with E-state index in [9.17, 15) is 4.79 Å². The number of nitrogens with zero attached hydrogens (tertiary/aromatic N) is 3. The summed E-state index contributed by atoms with van der Waals surface area (Å²) in [5.74, 6) is 0. The molecular weight excluding hydrogens is 353 g/mol. The molecule has 0 unspecified atom stereocenters. The van der Waals surface area contributed by atoms with Gasteiger partial charge in [0.15, 0.2) is 11.2 Å². The minimum Gasteiger partial charge on any atom is -0.301 e. The molecule has 1 aliphatic heterocycles. The maximum Gasteiger partial charge on any atom is 0.195 e. The van der Waals surface area contributed by atoms with E-state index in [1.807, 2.05) is 10.5 Å². The van der Waals surface area contributed by atoms with E-state index in [0.29, 0.717) is 21.4 Å². The van der Waals surface area contributed by atoms with Gasteiger partial charge < -0.3 is 4.90 Å². The summed E-state index contributed by atoms with van der Waals surface area (Å²) in [6, 6.07) is 5.32. The first-order valence-electron chi connectivity index (χ1n) is 7.20. The second kappa shape index (κ2) is 5.60. The number of likely N-dealkylation sites (N-methyl/N-ethyl adjacent to an activating group) is 1. The molecule has 0 bridgehead atoms. The fraction of sp³-hybridized carbons (Fsp3) is 0.250. The Balaban J connectivity index is 1.93. The van der Waals surface area contributed by atoms with Crippen molar-refractivity contribution in [1.29, 1.82) is 0 Å². The van der Waals surface area contributed by atoms with E-state index in [2.05, 4.69) is 16.9 Å². The Morgan fingerprint density at radius 1 is 1.30 bits per heavy atom. The quantitative estimate of drug-likeness (QED) is 0.639. The molecule has 0 saturated carbocycles. The second-order valence-electron chi connectivity index (χ2n) is 5.67. The van der Waals surface area contributed by atoms with Crippen LogP contribution >= 0.6 is 34.5 Å². The van der Waals surface area contributed by atoms with Gasteiger partial charge in [-0.3, -0.25) is 9.20 Å². The number of imidazole rings is 1. The smallest absolute Gasteiger partial charge is 0.195 e. The lowest BCUT2D eigenvalue weighted by Gasteiger charge is -2.21. The molecule has 3 aromatic rings. The van der Waals surface area contributed by atoms with Crippen LogP contribution in [-0.2, 0) is 13.0 Å². The van der Waals surface area contributed by atoms with Crippen molar-refractivity contribution in [3.8, 4) is 11.3 Å². The Morgan fingerprint density at radius 3 is 2.87 bits per heavy atom. The van der Waals surface area contributed by atoms with E-state index in [1.54, 1.807) is 23.5 Å². The van der Waals surface area contributed by atoms with E-state index < -0.39 is 0 Å². The summed E-state index contributed by atoms with van der Waals surface area (Å²) in [4.78, 5) is 20.8. The lowest BCUT2D eigenvalue weighted by Crippen LogP contribution is -2.26. The van der Waals surface area contributed by atoms with Crippen LogP contribution in [0.3, 0.4) is 0 Å². The SMILES string of the molecule is CN1CCc2c(sc3nc(-c4ccc(Cl)c(Cl)c4)c(C=O)n23)C1. The van der Waals surface area contributed by atoms with Crippen molar-refractivity contribution < 1.29 is 4.79 Å². The summed E-state index contributed by atoms with van der Waals surface area (Å²) in [6.07, 6.45) is 1.80. The molecule has 4 rings (SSSR count).